The molecule has 0 aromatic carbocycles. The van der Waals surface area contributed by atoms with Crippen LogP contribution in [0.15, 0.2) is 12.3 Å². The van der Waals surface area contributed by atoms with Crippen LogP contribution in [0.2, 0.25) is 0 Å². The number of hydrogen-bond acceptors (Lipinski definition) is 6. The van der Waals surface area contributed by atoms with E-state index in [1.165, 1.54) is 26.4 Å². The SMILES string of the molecule is COC(=O)c1ccnc(NC2CCCCC2SC)c1N. The number of pyridine rings is 1. The minimum absolute atomic E-state index is 0.349. The number of aromatic nitrogens is 1. The van der Waals surface area contributed by atoms with Crippen molar-refractivity contribution < 1.29 is 9.53 Å². The van der Waals surface area contributed by atoms with E-state index < -0.39 is 5.97 Å². The molecule has 2 unspecified atom stereocenters. The first-order valence-corrected chi connectivity index (χ1v) is 8.08. The van der Waals surface area contributed by atoms with Crippen LogP contribution in [0.4, 0.5) is 11.5 Å². The molecule has 1 aromatic rings. The summed E-state index contributed by atoms with van der Waals surface area (Å²) in [6, 6.07) is 1.93. The molecule has 3 N–H and O–H groups in total. The lowest BCUT2D eigenvalue weighted by Crippen LogP contribution is -2.35. The third-order valence-corrected chi connectivity index (χ3v) is 4.89. The molecule has 0 saturated heterocycles. The Bertz CT molecular complexity index is 481. The van der Waals surface area contributed by atoms with Gasteiger partial charge in [0.2, 0.25) is 0 Å². The van der Waals surface area contributed by atoms with Gasteiger partial charge in [0.25, 0.3) is 0 Å². The first kappa shape index (κ1) is 15.0. The molecule has 1 saturated carbocycles. The van der Waals surface area contributed by atoms with E-state index in [1.807, 2.05) is 11.8 Å². The second-order valence-corrected chi connectivity index (χ2v) is 6.00. The fraction of sp³-hybridized carbons (Fsp3) is 0.571. The summed E-state index contributed by atoms with van der Waals surface area (Å²) in [6.07, 6.45) is 8.51. The van der Waals surface area contributed by atoms with Crippen LogP contribution in [0.3, 0.4) is 0 Å². The largest absolute Gasteiger partial charge is 0.465 e. The van der Waals surface area contributed by atoms with Gasteiger partial charge >= 0.3 is 5.97 Å². The van der Waals surface area contributed by atoms with E-state index in [9.17, 15) is 4.79 Å². The van der Waals surface area contributed by atoms with Crippen molar-refractivity contribution in [2.45, 2.75) is 37.0 Å². The van der Waals surface area contributed by atoms with Crippen molar-refractivity contribution >= 4 is 29.2 Å². The van der Waals surface area contributed by atoms with Gasteiger partial charge in [0.05, 0.1) is 18.4 Å². The van der Waals surface area contributed by atoms with Crippen LogP contribution in [-0.2, 0) is 4.74 Å². The number of methoxy groups -OCH3 is 1. The molecule has 0 bridgehead atoms. The van der Waals surface area contributed by atoms with Crippen LogP contribution < -0.4 is 11.1 Å². The summed E-state index contributed by atoms with van der Waals surface area (Å²) in [5, 5.41) is 3.97. The lowest BCUT2D eigenvalue weighted by molar-refractivity contribution is 0.0602. The number of carbonyl (C=O) groups excluding carboxylic acids is 1. The number of nitrogens with one attached hydrogen (secondary N) is 1. The predicted octanol–water partition coefficient (Wildman–Crippen LogP) is 2.54. The lowest BCUT2D eigenvalue weighted by atomic mass is 9.95. The Balaban J connectivity index is 2.18. The van der Waals surface area contributed by atoms with Gasteiger partial charge < -0.3 is 15.8 Å². The maximum Gasteiger partial charge on any atom is 0.340 e. The summed E-state index contributed by atoms with van der Waals surface area (Å²) in [7, 11) is 1.35. The maximum absolute atomic E-state index is 11.6. The summed E-state index contributed by atoms with van der Waals surface area (Å²) in [5.74, 6) is 0.150. The van der Waals surface area contributed by atoms with Crippen LogP contribution in [-0.4, -0.2) is 35.6 Å². The standard InChI is InChI=1S/C14H21N3O2S/c1-19-14(18)9-7-8-16-13(12(9)15)17-10-5-3-4-6-11(10)20-2/h7-8,10-11H,3-6,15H2,1-2H3,(H,16,17). The van der Waals surface area contributed by atoms with Crippen molar-refractivity contribution in [3.05, 3.63) is 17.8 Å². The number of hydrogen-bond donors (Lipinski definition) is 2. The number of nitrogens with zero attached hydrogens (tertiary/aromatic N) is 1. The molecule has 0 aliphatic heterocycles. The molecule has 110 valence electrons. The highest BCUT2D eigenvalue weighted by molar-refractivity contribution is 7.99. The third-order valence-electron chi connectivity index (χ3n) is 3.72. The topological polar surface area (TPSA) is 77.2 Å². The number of ether oxygens (including phenoxy) is 1. The smallest absolute Gasteiger partial charge is 0.340 e. The molecule has 1 fully saturated rings. The second kappa shape index (κ2) is 6.83. The monoisotopic (exact) mass is 295 g/mol. The van der Waals surface area contributed by atoms with E-state index in [0.717, 1.165) is 6.42 Å². The number of carbonyl (C=O) groups is 1. The van der Waals surface area contributed by atoms with Crippen LogP contribution >= 0.6 is 11.8 Å². The third kappa shape index (κ3) is 3.17. The van der Waals surface area contributed by atoms with Crippen LogP contribution in [0.5, 0.6) is 0 Å². The van der Waals surface area contributed by atoms with Crippen molar-refractivity contribution in [1.29, 1.82) is 0 Å². The van der Waals surface area contributed by atoms with E-state index in [1.54, 1.807) is 12.3 Å². The molecule has 5 nitrogen and oxygen atoms in total. The highest BCUT2D eigenvalue weighted by Gasteiger charge is 2.25. The highest BCUT2D eigenvalue weighted by Crippen LogP contribution is 2.31. The van der Waals surface area contributed by atoms with Gasteiger partial charge in [-0.15, -0.1) is 0 Å². The van der Waals surface area contributed by atoms with E-state index in [0.29, 0.717) is 28.4 Å². The maximum atomic E-state index is 11.6. The van der Waals surface area contributed by atoms with Gasteiger partial charge in [0, 0.05) is 17.5 Å². The molecule has 0 amide bonds. The first-order valence-electron chi connectivity index (χ1n) is 6.79. The number of esters is 1. The van der Waals surface area contributed by atoms with Crippen molar-refractivity contribution in [2.75, 3.05) is 24.4 Å². The zero-order chi connectivity index (χ0) is 14.5. The normalized spacial score (nSPS) is 22.3. The average molecular weight is 295 g/mol. The van der Waals surface area contributed by atoms with Crippen molar-refractivity contribution in [1.82, 2.24) is 4.98 Å². The highest BCUT2D eigenvalue weighted by atomic mass is 32.2. The fourth-order valence-electron chi connectivity index (χ4n) is 2.60. The molecule has 6 heteroatoms. The van der Waals surface area contributed by atoms with Crippen molar-refractivity contribution in [3.63, 3.8) is 0 Å². The zero-order valence-electron chi connectivity index (χ0n) is 11.9. The number of nitrogens with two attached hydrogens (primary N) is 1. The van der Waals surface area contributed by atoms with E-state index >= 15 is 0 Å². The minimum atomic E-state index is -0.432. The Morgan fingerprint density at radius 2 is 2.25 bits per heavy atom. The Morgan fingerprint density at radius 3 is 2.95 bits per heavy atom. The van der Waals surface area contributed by atoms with Crippen molar-refractivity contribution in [2.24, 2.45) is 0 Å². The Hall–Kier alpha value is -1.43. The zero-order valence-corrected chi connectivity index (χ0v) is 12.7. The van der Waals surface area contributed by atoms with Gasteiger partial charge in [0.15, 0.2) is 0 Å². The summed E-state index contributed by atoms with van der Waals surface area (Å²) in [5.41, 5.74) is 6.76. The molecule has 2 atom stereocenters. The van der Waals surface area contributed by atoms with Gasteiger partial charge in [-0.05, 0) is 25.2 Å². The van der Waals surface area contributed by atoms with Gasteiger partial charge in [-0.3, -0.25) is 0 Å². The quantitative estimate of drug-likeness (QED) is 0.831. The van der Waals surface area contributed by atoms with Gasteiger partial charge in [-0.25, -0.2) is 9.78 Å². The molecule has 1 aliphatic rings. The van der Waals surface area contributed by atoms with Gasteiger partial charge in [-0.1, -0.05) is 12.8 Å². The molecule has 0 spiro atoms. The molecule has 0 radical (unpaired) electrons. The molecular weight excluding hydrogens is 274 g/mol. The molecule has 1 heterocycles. The summed E-state index contributed by atoms with van der Waals surface area (Å²) in [4.78, 5) is 15.9. The van der Waals surface area contributed by atoms with E-state index in [4.69, 9.17) is 10.5 Å². The number of nitrogen functional groups attached to an aromatic ring is 1. The molecular formula is C14H21N3O2S. The Morgan fingerprint density at radius 1 is 1.50 bits per heavy atom. The lowest BCUT2D eigenvalue weighted by Gasteiger charge is -2.31. The second-order valence-electron chi connectivity index (χ2n) is 4.92. The van der Waals surface area contributed by atoms with Crippen LogP contribution in [0.25, 0.3) is 0 Å². The average Bonchev–Trinajstić information content (AvgIpc) is 2.49. The first-order chi connectivity index (χ1) is 9.67. The number of anilines is 2. The van der Waals surface area contributed by atoms with E-state index in [2.05, 4.69) is 16.6 Å². The minimum Gasteiger partial charge on any atom is -0.465 e. The summed E-state index contributed by atoms with van der Waals surface area (Å²) in [6.45, 7) is 0. The number of thioether (sulfide) groups is 1. The van der Waals surface area contributed by atoms with Crippen molar-refractivity contribution in [3.8, 4) is 0 Å². The molecule has 1 aliphatic carbocycles. The van der Waals surface area contributed by atoms with Gasteiger partial charge in [-0.2, -0.15) is 11.8 Å². The summed E-state index contributed by atoms with van der Waals surface area (Å²) < 4.78 is 4.73. The Labute approximate surface area is 123 Å². The Kier molecular flexibility index (Phi) is 5.11. The fourth-order valence-corrected chi connectivity index (χ4v) is 3.53. The van der Waals surface area contributed by atoms with Crippen LogP contribution in [0.1, 0.15) is 36.0 Å². The molecule has 2 rings (SSSR count). The van der Waals surface area contributed by atoms with E-state index in [-0.39, 0.29) is 0 Å². The predicted molar refractivity (Wildman–Crippen MR) is 83.2 cm³/mol. The van der Waals surface area contributed by atoms with Gasteiger partial charge in [0.1, 0.15) is 5.82 Å². The summed E-state index contributed by atoms with van der Waals surface area (Å²) >= 11 is 1.87. The molecule has 20 heavy (non-hydrogen) atoms. The van der Waals surface area contributed by atoms with Crippen LogP contribution in [0, 0.1) is 0 Å². The molecule has 1 aromatic heterocycles. The number of rotatable bonds is 4.